The number of hydrogen-bond donors (Lipinski definition) is 1. The standard InChI is InChI=1S/C16H33NO/c1-6-13-9-8-10-14(11-13)15(17-7-2)12-18-16(3,4)5/h13-15,17H,6-12H2,1-5H3. The molecule has 2 heteroatoms. The van der Waals surface area contributed by atoms with Crippen LogP contribution in [0.4, 0.5) is 0 Å². The van der Waals surface area contributed by atoms with Crippen LogP contribution in [0.25, 0.3) is 0 Å². The Bertz CT molecular complexity index is 222. The first-order chi connectivity index (χ1) is 8.46. The highest BCUT2D eigenvalue weighted by Crippen LogP contribution is 2.33. The van der Waals surface area contributed by atoms with Gasteiger partial charge in [0.1, 0.15) is 0 Å². The van der Waals surface area contributed by atoms with Crippen molar-refractivity contribution in [3.05, 3.63) is 0 Å². The zero-order chi connectivity index (χ0) is 13.6. The first-order valence-electron chi connectivity index (χ1n) is 7.83. The van der Waals surface area contributed by atoms with Crippen LogP contribution in [0.1, 0.15) is 66.7 Å². The van der Waals surface area contributed by atoms with Gasteiger partial charge in [0.05, 0.1) is 12.2 Å². The Kier molecular flexibility index (Phi) is 6.65. The Hall–Kier alpha value is -0.0800. The summed E-state index contributed by atoms with van der Waals surface area (Å²) in [7, 11) is 0. The Morgan fingerprint density at radius 1 is 1.22 bits per heavy atom. The van der Waals surface area contributed by atoms with E-state index in [1.54, 1.807) is 0 Å². The van der Waals surface area contributed by atoms with Crippen LogP contribution in [-0.4, -0.2) is 24.8 Å². The lowest BCUT2D eigenvalue weighted by atomic mass is 9.77. The summed E-state index contributed by atoms with van der Waals surface area (Å²) in [5.41, 5.74) is -0.0213. The zero-order valence-corrected chi connectivity index (χ0v) is 13.1. The third-order valence-electron chi connectivity index (χ3n) is 4.13. The predicted molar refractivity (Wildman–Crippen MR) is 78.9 cm³/mol. The topological polar surface area (TPSA) is 21.3 Å². The molecule has 0 aromatic heterocycles. The second-order valence-corrected chi connectivity index (χ2v) is 6.79. The third kappa shape index (κ3) is 5.71. The van der Waals surface area contributed by atoms with Gasteiger partial charge in [0, 0.05) is 6.04 Å². The molecule has 0 amide bonds. The minimum Gasteiger partial charge on any atom is -0.374 e. The maximum absolute atomic E-state index is 6.00. The van der Waals surface area contributed by atoms with Gasteiger partial charge in [-0.15, -0.1) is 0 Å². The molecule has 1 saturated carbocycles. The van der Waals surface area contributed by atoms with Crippen molar-refractivity contribution in [2.75, 3.05) is 13.2 Å². The van der Waals surface area contributed by atoms with Crippen LogP contribution < -0.4 is 5.32 Å². The van der Waals surface area contributed by atoms with Crippen LogP contribution >= 0.6 is 0 Å². The highest BCUT2D eigenvalue weighted by molar-refractivity contribution is 4.82. The molecule has 1 fully saturated rings. The molecular weight excluding hydrogens is 222 g/mol. The second kappa shape index (κ2) is 7.49. The van der Waals surface area contributed by atoms with Crippen LogP contribution in [0.5, 0.6) is 0 Å². The van der Waals surface area contributed by atoms with E-state index >= 15 is 0 Å². The van der Waals surface area contributed by atoms with Crippen LogP contribution in [0.15, 0.2) is 0 Å². The second-order valence-electron chi connectivity index (χ2n) is 6.79. The van der Waals surface area contributed by atoms with Gasteiger partial charge in [-0.1, -0.05) is 33.1 Å². The average molecular weight is 255 g/mol. The molecule has 1 aliphatic carbocycles. The molecule has 18 heavy (non-hydrogen) atoms. The molecule has 2 nitrogen and oxygen atoms in total. The van der Waals surface area contributed by atoms with Gasteiger partial charge >= 0.3 is 0 Å². The molecule has 0 saturated heterocycles. The fourth-order valence-corrected chi connectivity index (χ4v) is 3.03. The van der Waals surface area contributed by atoms with Gasteiger partial charge in [-0.25, -0.2) is 0 Å². The van der Waals surface area contributed by atoms with E-state index in [1.807, 2.05) is 0 Å². The maximum Gasteiger partial charge on any atom is 0.0629 e. The van der Waals surface area contributed by atoms with E-state index in [1.165, 1.54) is 32.1 Å². The molecule has 0 aliphatic heterocycles. The van der Waals surface area contributed by atoms with Gasteiger partial charge in [0.15, 0.2) is 0 Å². The van der Waals surface area contributed by atoms with Crippen molar-refractivity contribution in [2.45, 2.75) is 78.4 Å². The molecule has 0 aromatic carbocycles. The first kappa shape index (κ1) is 16.0. The summed E-state index contributed by atoms with van der Waals surface area (Å²) in [5, 5.41) is 3.64. The minimum absolute atomic E-state index is 0.0213. The van der Waals surface area contributed by atoms with Crippen LogP contribution in [0.3, 0.4) is 0 Å². The molecule has 1 rings (SSSR count). The van der Waals surface area contributed by atoms with Crippen molar-refractivity contribution >= 4 is 0 Å². The van der Waals surface area contributed by atoms with Crippen molar-refractivity contribution < 1.29 is 4.74 Å². The number of ether oxygens (including phenoxy) is 1. The molecule has 3 atom stereocenters. The lowest BCUT2D eigenvalue weighted by Gasteiger charge is -2.36. The van der Waals surface area contributed by atoms with Gasteiger partial charge in [-0.05, 0) is 52.0 Å². The van der Waals surface area contributed by atoms with Crippen molar-refractivity contribution in [3.8, 4) is 0 Å². The number of likely N-dealkylation sites (N-methyl/N-ethyl adjacent to an activating group) is 1. The number of nitrogens with one attached hydrogen (secondary N) is 1. The Balaban J connectivity index is 2.49. The van der Waals surface area contributed by atoms with E-state index in [2.05, 4.69) is 39.9 Å². The fourth-order valence-electron chi connectivity index (χ4n) is 3.03. The largest absolute Gasteiger partial charge is 0.374 e. The van der Waals surface area contributed by atoms with Gasteiger partial charge < -0.3 is 10.1 Å². The SMILES string of the molecule is CCNC(COC(C)(C)C)C1CCCC(CC)C1. The summed E-state index contributed by atoms with van der Waals surface area (Å²) in [4.78, 5) is 0. The zero-order valence-electron chi connectivity index (χ0n) is 13.1. The van der Waals surface area contributed by atoms with Gasteiger partial charge in [-0.2, -0.15) is 0 Å². The Morgan fingerprint density at radius 2 is 1.94 bits per heavy atom. The number of rotatable bonds is 6. The molecule has 1 N–H and O–H groups in total. The molecule has 3 unspecified atom stereocenters. The highest BCUT2D eigenvalue weighted by Gasteiger charge is 2.28. The van der Waals surface area contributed by atoms with E-state index in [0.29, 0.717) is 6.04 Å². The summed E-state index contributed by atoms with van der Waals surface area (Å²) < 4.78 is 6.00. The van der Waals surface area contributed by atoms with E-state index < -0.39 is 0 Å². The van der Waals surface area contributed by atoms with Crippen molar-refractivity contribution in [1.29, 1.82) is 0 Å². The fraction of sp³-hybridized carbons (Fsp3) is 1.00. The van der Waals surface area contributed by atoms with Crippen molar-refractivity contribution in [2.24, 2.45) is 11.8 Å². The molecular formula is C16H33NO. The van der Waals surface area contributed by atoms with Crippen molar-refractivity contribution in [3.63, 3.8) is 0 Å². The maximum atomic E-state index is 6.00. The first-order valence-corrected chi connectivity index (χ1v) is 7.83. The third-order valence-corrected chi connectivity index (χ3v) is 4.13. The van der Waals surface area contributed by atoms with E-state index in [4.69, 9.17) is 4.74 Å². The highest BCUT2D eigenvalue weighted by atomic mass is 16.5. The smallest absolute Gasteiger partial charge is 0.0629 e. The van der Waals surface area contributed by atoms with E-state index in [0.717, 1.165) is 25.0 Å². The summed E-state index contributed by atoms with van der Waals surface area (Å²) in [5.74, 6) is 1.76. The lowest BCUT2D eigenvalue weighted by molar-refractivity contribution is -0.0262. The number of hydrogen-bond acceptors (Lipinski definition) is 2. The molecule has 0 spiro atoms. The van der Waals surface area contributed by atoms with Crippen LogP contribution in [0, 0.1) is 11.8 Å². The Morgan fingerprint density at radius 3 is 2.50 bits per heavy atom. The lowest BCUT2D eigenvalue weighted by Crippen LogP contribution is -2.43. The van der Waals surface area contributed by atoms with Gasteiger partial charge in [0.2, 0.25) is 0 Å². The van der Waals surface area contributed by atoms with Gasteiger partial charge in [-0.3, -0.25) is 0 Å². The summed E-state index contributed by atoms with van der Waals surface area (Å²) in [6, 6.07) is 0.545. The van der Waals surface area contributed by atoms with E-state index in [-0.39, 0.29) is 5.60 Å². The minimum atomic E-state index is -0.0213. The normalized spacial score (nSPS) is 27.2. The quantitative estimate of drug-likeness (QED) is 0.774. The predicted octanol–water partition coefficient (Wildman–Crippen LogP) is 4.00. The molecule has 0 heterocycles. The average Bonchev–Trinajstić information content (AvgIpc) is 2.33. The summed E-state index contributed by atoms with van der Waals surface area (Å²) in [6.07, 6.45) is 6.95. The molecule has 108 valence electrons. The van der Waals surface area contributed by atoms with Crippen LogP contribution in [-0.2, 0) is 4.74 Å². The molecule has 0 bridgehead atoms. The summed E-state index contributed by atoms with van der Waals surface area (Å²) in [6.45, 7) is 12.9. The Labute approximate surface area is 114 Å². The summed E-state index contributed by atoms with van der Waals surface area (Å²) >= 11 is 0. The van der Waals surface area contributed by atoms with Crippen molar-refractivity contribution in [1.82, 2.24) is 5.32 Å². The monoisotopic (exact) mass is 255 g/mol. The van der Waals surface area contributed by atoms with Gasteiger partial charge in [0.25, 0.3) is 0 Å². The van der Waals surface area contributed by atoms with Crippen LogP contribution in [0.2, 0.25) is 0 Å². The molecule has 0 radical (unpaired) electrons. The van der Waals surface area contributed by atoms with E-state index in [9.17, 15) is 0 Å². The molecule has 0 aromatic rings. The molecule has 1 aliphatic rings.